The highest BCUT2D eigenvalue weighted by Crippen LogP contribution is 2.26. The van der Waals surface area contributed by atoms with Crippen LogP contribution in [0.4, 0.5) is 0 Å². The topological polar surface area (TPSA) is 30.3 Å². The molecule has 1 aromatic heterocycles. The summed E-state index contributed by atoms with van der Waals surface area (Å²) in [6.45, 7) is 7.16. The van der Waals surface area contributed by atoms with Gasteiger partial charge in [-0.05, 0) is 39.6 Å². The molecule has 1 heterocycles. The Bertz CT molecular complexity index is 592. The number of halogens is 1. The van der Waals surface area contributed by atoms with Crippen LogP contribution in [0.5, 0.6) is 0 Å². The molecule has 0 aliphatic rings. The van der Waals surface area contributed by atoms with Crippen LogP contribution in [-0.4, -0.2) is 48.3 Å². The fourth-order valence-electron chi connectivity index (χ4n) is 2.35. The van der Waals surface area contributed by atoms with Crippen molar-refractivity contribution in [1.82, 2.24) is 14.5 Å². The van der Waals surface area contributed by atoms with Crippen LogP contribution in [0.2, 0.25) is 0 Å². The SMILES string of the molecule is Cc1cccc2c1nc(C(C)Cl)n2CCOCCN(C)C. The zero-order valence-electron chi connectivity index (χ0n) is 13.3. The Morgan fingerprint density at radius 2 is 2.10 bits per heavy atom. The van der Waals surface area contributed by atoms with Gasteiger partial charge in [-0.3, -0.25) is 0 Å². The number of alkyl halides is 1. The average Bonchev–Trinajstić information content (AvgIpc) is 2.79. The first-order valence-corrected chi connectivity index (χ1v) is 7.76. The summed E-state index contributed by atoms with van der Waals surface area (Å²) in [4.78, 5) is 6.82. The number of imidazole rings is 1. The van der Waals surface area contributed by atoms with E-state index in [2.05, 4.69) is 34.6 Å². The molecule has 0 saturated carbocycles. The van der Waals surface area contributed by atoms with E-state index in [9.17, 15) is 0 Å². The Hall–Kier alpha value is -1.10. The number of aromatic nitrogens is 2. The predicted octanol–water partition coefficient (Wildman–Crippen LogP) is 3.22. The van der Waals surface area contributed by atoms with Crippen LogP contribution in [0.1, 0.15) is 23.7 Å². The highest BCUT2D eigenvalue weighted by molar-refractivity contribution is 6.20. The van der Waals surface area contributed by atoms with E-state index in [1.54, 1.807) is 0 Å². The van der Waals surface area contributed by atoms with Crippen molar-refractivity contribution in [3.8, 4) is 0 Å². The second-order valence-corrected chi connectivity index (χ2v) is 6.25. The Kier molecular flexibility index (Phi) is 5.62. The van der Waals surface area contributed by atoms with Gasteiger partial charge in [0.25, 0.3) is 0 Å². The summed E-state index contributed by atoms with van der Waals surface area (Å²) < 4.78 is 7.87. The van der Waals surface area contributed by atoms with Crippen LogP contribution in [0.25, 0.3) is 11.0 Å². The molecule has 4 nitrogen and oxygen atoms in total. The first-order valence-electron chi connectivity index (χ1n) is 7.33. The Balaban J connectivity index is 2.13. The smallest absolute Gasteiger partial charge is 0.127 e. The summed E-state index contributed by atoms with van der Waals surface area (Å²) in [5.41, 5.74) is 3.35. The molecule has 0 saturated heterocycles. The average molecular weight is 310 g/mol. The van der Waals surface area contributed by atoms with Crippen molar-refractivity contribution in [3.05, 3.63) is 29.6 Å². The number of aryl methyl sites for hydroxylation is 1. The maximum absolute atomic E-state index is 6.28. The molecule has 0 bridgehead atoms. The largest absolute Gasteiger partial charge is 0.378 e. The summed E-state index contributed by atoms with van der Waals surface area (Å²) in [7, 11) is 4.09. The first kappa shape index (κ1) is 16.3. The van der Waals surface area contributed by atoms with Crippen molar-refractivity contribution < 1.29 is 4.74 Å². The van der Waals surface area contributed by atoms with Gasteiger partial charge < -0.3 is 14.2 Å². The lowest BCUT2D eigenvalue weighted by Gasteiger charge is -2.12. The van der Waals surface area contributed by atoms with Crippen LogP contribution < -0.4 is 0 Å². The minimum atomic E-state index is -0.112. The van der Waals surface area contributed by atoms with E-state index in [1.807, 2.05) is 21.0 Å². The van der Waals surface area contributed by atoms with Gasteiger partial charge in [0, 0.05) is 13.1 Å². The van der Waals surface area contributed by atoms with Crippen LogP contribution in [0.3, 0.4) is 0 Å². The molecule has 1 atom stereocenters. The van der Waals surface area contributed by atoms with Gasteiger partial charge in [0.15, 0.2) is 0 Å². The third-order valence-corrected chi connectivity index (χ3v) is 3.70. The Morgan fingerprint density at radius 1 is 1.33 bits per heavy atom. The zero-order valence-corrected chi connectivity index (χ0v) is 14.0. The number of benzene rings is 1. The molecule has 0 spiro atoms. The summed E-state index contributed by atoms with van der Waals surface area (Å²) in [6, 6.07) is 6.24. The molecule has 0 aliphatic carbocycles. The lowest BCUT2D eigenvalue weighted by Crippen LogP contribution is -2.19. The second kappa shape index (κ2) is 7.25. The number of fused-ring (bicyclic) bond motifs is 1. The predicted molar refractivity (Wildman–Crippen MR) is 88.1 cm³/mol. The maximum Gasteiger partial charge on any atom is 0.127 e. The fraction of sp³-hybridized carbons (Fsp3) is 0.562. The number of hydrogen-bond acceptors (Lipinski definition) is 3. The van der Waals surface area contributed by atoms with E-state index in [-0.39, 0.29) is 5.38 Å². The fourth-order valence-corrected chi connectivity index (χ4v) is 2.52. The van der Waals surface area contributed by atoms with Gasteiger partial charge >= 0.3 is 0 Å². The van der Waals surface area contributed by atoms with Gasteiger partial charge in [-0.2, -0.15) is 0 Å². The van der Waals surface area contributed by atoms with Crippen molar-refractivity contribution in [3.63, 3.8) is 0 Å². The van der Waals surface area contributed by atoms with E-state index in [0.717, 1.165) is 36.6 Å². The quantitative estimate of drug-likeness (QED) is 0.581. The van der Waals surface area contributed by atoms with Gasteiger partial charge in [-0.15, -0.1) is 11.6 Å². The van der Waals surface area contributed by atoms with Gasteiger partial charge in [0.1, 0.15) is 5.82 Å². The van der Waals surface area contributed by atoms with Crippen molar-refractivity contribution in [2.45, 2.75) is 25.8 Å². The number of nitrogens with zero attached hydrogens (tertiary/aromatic N) is 3. The summed E-state index contributed by atoms with van der Waals surface area (Å²) in [5, 5.41) is -0.112. The molecule has 2 aromatic rings. The molecule has 1 aromatic carbocycles. The molecule has 1 unspecified atom stereocenters. The van der Waals surface area contributed by atoms with E-state index in [4.69, 9.17) is 21.3 Å². The Morgan fingerprint density at radius 3 is 2.76 bits per heavy atom. The Labute approximate surface area is 131 Å². The van der Waals surface area contributed by atoms with Crippen molar-refractivity contribution >= 4 is 22.6 Å². The normalized spacial score (nSPS) is 13.2. The molecule has 21 heavy (non-hydrogen) atoms. The summed E-state index contributed by atoms with van der Waals surface area (Å²) in [6.07, 6.45) is 0. The van der Waals surface area contributed by atoms with Gasteiger partial charge in [-0.1, -0.05) is 12.1 Å². The van der Waals surface area contributed by atoms with Crippen molar-refractivity contribution in [2.24, 2.45) is 0 Å². The minimum Gasteiger partial charge on any atom is -0.378 e. The van der Waals surface area contributed by atoms with Crippen LogP contribution in [0.15, 0.2) is 18.2 Å². The number of ether oxygens (including phenoxy) is 1. The molecule has 0 aliphatic heterocycles. The zero-order chi connectivity index (χ0) is 15.4. The molecule has 0 N–H and O–H groups in total. The third-order valence-electron chi connectivity index (χ3n) is 3.51. The molecule has 0 fully saturated rings. The van der Waals surface area contributed by atoms with E-state index in [0.29, 0.717) is 6.61 Å². The highest BCUT2D eigenvalue weighted by Gasteiger charge is 2.15. The monoisotopic (exact) mass is 309 g/mol. The third kappa shape index (κ3) is 3.96. The lowest BCUT2D eigenvalue weighted by molar-refractivity contribution is 0.111. The standard InChI is InChI=1S/C16H24ClN3O/c1-12-6-5-7-14-15(12)18-16(13(2)17)20(14)9-11-21-10-8-19(3)4/h5-7,13H,8-11H2,1-4H3. The number of likely N-dealkylation sites (N-methyl/N-ethyl adjacent to an activating group) is 1. The van der Waals surface area contributed by atoms with Crippen molar-refractivity contribution in [1.29, 1.82) is 0 Å². The van der Waals surface area contributed by atoms with E-state index in [1.165, 1.54) is 5.56 Å². The van der Waals surface area contributed by atoms with Gasteiger partial charge in [-0.25, -0.2) is 4.98 Å². The van der Waals surface area contributed by atoms with Crippen molar-refractivity contribution in [2.75, 3.05) is 33.9 Å². The molecular weight excluding hydrogens is 286 g/mol. The van der Waals surface area contributed by atoms with E-state index < -0.39 is 0 Å². The summed E-state index contributed by atoms with van der Waals surface area (Å²) >= 11 is 6.28. The lowest BCUT2D eigenvalue weighted by atomic mass is 10.2. The van der Waals surface area contributed by atoms with E-state index >= 15 is 0 Å². The minimum absolute atomic E-state index is 0.112. The maximum atomic E-state index is 6.28. The summed E-state index contributed by atoms with van der Waals surface area (Å²) in [5.74, 6) is 0.914. The molecule has 116 valence electrons. The second-order valence-electron chi connectivity index (χ2n) is 5.60. The number of hydrogen-bond donors (Lipinski definition) is 0. The number of rotatable bonds is 7. The molecular formula is C16H24ClN3O. The number of para-hydroxylation sites is 1. The van der Waals surface area contributed by atoms with Gasteiger partial charge in [0.2, 0.25) is 0 Å². The molecule has 0 radical (unpaired) electrons. The molecule has 5 heteroatoms. The van der Waals surface area contributed by atoms with Crippen LogP contribution >= 0.6 is 11.6 Å². The van der Waals surface area contributed by atoms with Crippen LogP contribution in [-0.2, 0) is 11.3 Å². The van der Waals surface area contributed by atoms with Crippen LogP contribution in [0, 0.1) is 6.92 Å². The first-order chi connectivity index (χ1) is 10.0. The highest BCUT2D eigenvalue weighted by atomic mass is 35.5. The molecule has 0 amide bonds. The molecule has 2 rings (SSSR count). The van der Waals surface area contributed by atoms with Gasteiger partial charge in [0.05, 0.1) is 29.6 Å².